The fourth-order valence-corrected chi connectivity index (χ4v) is 3.72. The lowest BCUT2D eigenvalue weighted by Gasteiger charge is -2.27. The first-order valence-corrected chi connectivity index (χ1v) is 8.72. The van der Waals surface area contributed by atoms with E-state index in [1.807, 2.05) is 6.07 Å². The van der Waals surface area contributed by atoms with E-state index in [-0.39, 0.29) is 11.9 Å². The first-order valence-electron chi connectivity index (χ1n) is 8.72. The number of pyridine rings is 1. The maximum absolute atomic E-state index is 13.1. The number of amides is 1. The number of hydrogen-bond donors (Lipinski definition) is 1. The highest BCUT2D eigenvalue weighted by Crippen LogP contribution is 2.40. The van der Waals surface area contributed by atoms with Gasteiger partial charge in [0.2, 0.25) is 0 Å². The molecule has 0 saturated heterocycles. The lowest BCUT2D eigenvalue weighted by atomic mass is 9.96. The Labute approximate surface area is 145 Å². The van der Waals surface area contributed by atoms with Crippen LogP contribution in [-0.2, 0) is 9.53 Å². The third-order valence-corrected chi connectivity index (χ3v) is 5.26. The van der Waals surface area contributed by atoms with Crippen molar-refractivity contribution >= 4 is 23.0 Å². The fourth-order valence-electron chi connectivity index (χ4n) is 3.72. The predicted octanol–water partition coefficient (Wildman–Crippen LogP) is 2.62. The van der Waals surface area contributed by atoms with Crippen LogP contribution >= 0.6 is 0 Å². The van der Waals surface area contributed by atoms with Gasteiger partial charge < -0.3 is 14.6 Å². The Hall–Kier alpha value is -2.44. The van der Waals surface area contributed by atoms with Crippen LogP contribution in [0.1, 0.15) is 66.2 Å². The smallest absolute Gasteiger partial charge is 0.331 e. The highest BCUT2D eigenvalue weighted by atomic mass is 16.5. The molecule has 0 radical (unpaired) electrons. The monoisotopic (exact) mass is 343 g/mol. The third kappa shape index (κ3) is 2.67. The van der Waals surface area contributed by atoms with E-state index in [9.17, 15) is 9.59 Å². The number of methoxy groups -OCH3 is 1. The summed E-state index contributed by atoms with van der Waals surface area (Å²) in [6, 6.07) is 1.82. The van der Waals surface area contributed by atoms with Gasteiger partial charge in [0.05, 0.1) is 23.8 Å². The average Bonchev–Trinajstić information content (AvgIpc) is 3.26. The molecule has 2 aromatic heterocycles. The Morgan fingerprint density at radius 1 is 1.32 bits per heavy atom. The van der Waals surface area contributed by atoms with Crippen LogP contribution in [-0.4, -0.2) is 34.7 Å². The number of fused-ring (bicyclic) bond motifs is 1. The molecular formula is C18H21N3O4. The van der Waals surface area contributed by atoms with Gasteiger partial charge in [-0.15, -0.1) is 0 Å². The predicted molar refractivity (Wildman–Crippen MR) is 89.2 cm³/mol. The zero-order valence-corrected chi connectivity index (χ0v) is 14.4. The molecule has 1 N–H and O–H groups in total. The van der Waals surface area contributed by atoms with Gasteiger partial charge in [-0.05, 0) is 38.7 Å². The molecule has 25 heavy (non-hydrogen) atoms. The summed E-state index contributed by atoms with van der Waals surface area (Å²) in [6.45, 7) is 1.78. The van der Waals surface area contributed by atoms with E-state index in [1.54, 1.807) is 6.92 Å². The van der Waals surface area contributed by atoms with Crippen LogP contribution in [0.3, 0.4) is 0 Å². The maximum atomic E-state index is 13.1. The summed E-state index contributed by atoms with van der Waals surface area (Å²) in [4.78, 5) is 29.9. The molecule has 4 rings (SSSR count). The summed E-state index contributed by atoms with van der Waals surface area (Å²) in [7, 11) is 1.36. The van der Waals surface area contributed by atoms with Crippen LogP contribution in [0.25, 0.3) is 11.1 Å². The van der Waals surface area contributed by atoms with Crippen molar-refractivity contribution < 1.29 is 18.8 Å². The molecule has 2 saturated carbocycles. The molecule has 0 aromatic carbocycles. The average molecular weight is 343 g/mol. The molecule has 2 aliphatic carbocycles. The number of aryl methyl sites for hydroxylation is 1. The van der Waals surface area contributed by atoms with E-state index < -0.39 is 5.54 Å². The topological polar surface area (TPSA) is 94.3 Å². The summed E-state index contributed by atoms with van der Waals surface area (Å²) in [6.07, 6.45) is 5.11. The molecule has 2 aliphatic rings. The first kappa shape index (κ1) is 16.1. The molecule has 1 amide bonds. The van der Waals surface area contributed by atoms with Crippen molar-refractivity contribution in [3.63, 3.8) is 0 Å². The fraction of sp³-hybridized carbons (Fsp3) is 0.556. The summed E-state index contributed by atoms with van der Waals surface area (Å²) in [5.74, 6) is -0.302. The minimum Gasteiger partial charge on any atom is -0.467 e. The van der Waals surface area contributed by atoms with Crippen molar-refractivity contribution in [2.75, 3.05) is 7.11 Å². The Balaban J connectivity index is 1.74. The van der Waals surface area contributed by atoms with Gasteiger partial charge in [0.1, 0.15) is 5.54 Å². The number of aromatic nitrogens is 2. The molecule has 0 bridgehead atoms. The largest absolute Gasteiger partial charge is 0.467 e. The number of hydrogen-bond acceptors (Lipinski definition) is 6. The Bertz CT molecular complexity index is 847. The second kappa shape index (κ2) is 5.82. The van der Waals surface area contributed by atoms with Crippen LogP contribution in [0.2, 0.25) is 0 Å². The molecule has 2 fully saturated rings. The minimum absolute atomic E-state index is 0.298. The molecule has 0 unspecified atom stereocenters. The molecule has 0 atom stereocenters. The molecule has 7 nitrogen and oxygen atoms in total. The van der Waals surface area contributed by atoms with Gasteiger partial charge in [-0.1, -0.05) is 18.0 Å². The van der Waals surface area contributed by atoms with E-state index in [1.165, 1.54) is 7.11 Å². The van der Waals surface area contributed by atoms with Crippen molar-refractivity contribution in [2.24, 2.45) is 0 Å². The Morgan fingerprint density at radius 3 is 2.68 bits per heavy atom. The van der Waals surface area contributed by atoms with Crippen LogP contribution < -0.4 is 5.32 Å². The lowest BCUT2D eigenvalue weighted by Crippen LogP contribution is -2.53. The van der Waals surface area contributed by atoms with E-state index >= 15 is 0 Å². The van der Waals surface area contributed by atoms with Crippen molar-refractivity contribution in [1.82, 2.24) is 15.5 Å². The van der Waals surface area contributed by atoms with Crippen LogP contribution in [0.5, 0.6) is 0 Å². The van der Waals surface area contributed by atoms with E-state index in [0.717, 1.165) is 31.4 Å². The molecule has 7 heteroatoms. The van der Waals surface area contributed by atoms with Crippen LogP contribution in [0.15, 0.2) is 10.6 Å². The number of esters is 1. The number of ether oxygens (including phenoxy) is 1. The van der Waals surface area contributed by atoms with Gasteiger partial charge in [0.25, 0.3) is 11.6 Å². The van der Waals surface area contributed by atoms with Gasteiger partial charge in [-0.3, -0.25) is 4.79 Å². The van der Waals surface area contributed by atoms with Crippen molar-refractivity contribution in [1.29, 1.82) is 0 Å². The summed E-state index contributed by atoms with van der Waals surface area (Å²) in [5, 5.41) is 7.51. The molecular weight excluding hydrogens is 322 g/mol. The van der Waals surface area contributed by atoms with Gasteiger partial charge in [0.15, 0.2) is 0 Å². The molecule has 2 aromatic rings. The highest BCUT2D eigenvalue weighted by Gasteiger charge is 2.44. The van der Waals surface area contributed by atoms with Crippen molar-refractivity contribution in [3.8, 4) is 0 Å². The first-order chi connectivity index (χ1) is 12.0. The summed E-state index contributed by atoms with van der Waals surface area (Å²) < 4.78 is 10.2. The molecule has 132 valence electrons. The molecule has 2 heterocycles. The van der Waals surface area contributed by atoms with Gasteiger partial charge in [0, 0.05) is 11.6 Å². The van der Waals surface area contributed by atoms with Crippen molar-refractivity contribution in [3.05, 3.63) is 23.0 Å². The zero-order valence-electron chi connectivity index (χ0n) is 14.4. The maximum Gasteiger partial charge on any atom is 0.331 e. The quantitative estimate of drug-likeness (QED) is 0.858. The normalized spacial score (nSPS) is 19.1. The van der Waals surface area contributed by atoms with Gasteiger partial charge in [-0.2, -0.15) is 0 Å². The summed E-state index contributed by atoms with van der Waals surface area (Å²) >= 11 is 0. The lowest BCUT2D eigenvalue weighted by molar-refractivity contribution is -0.148. The van der Waals surface area contributed by atoms with E-state index in [0.29, 0.717) is 41.1 Å². The Kier molecular flexibility index (Phi) is 3.74. The van der Waals surface area contributed by atoms with Crippen molar-refractivity contribution in [2.45, 2.75) is 56.9 Å². The third-order valence-electron chi connectivity index (χ3n) is 5.26. The SMILES string of the molecule is COC(=O)C1(NC(=O)c2cc(C3CC3)nc3onc(C)c23)CCCC1. The van der Waals surface area contributed by atoms with Gasteiger partial charge in [-0.25, -0.2) is 9.78 Å². The van der Waals surface area contributed by atoms with Gasteiger partial charge >= 0.3 is 5.97 Å². The van der Waals surface area contributed by atoms with E-state index in [4.69, 9.17) is 9.26 Å². The van der Waals surface area contributed by atoms with E-state index in [2.05, 4.69) is 15.5 Å². The second-order valence-electron chi connectivity index (χ2n) is 7.05. The number of carbonyl (C=O) groups excluding carboxylic acids is 2. The molecule has 0 aliphatic heterocycles. The zero-order chi connectivity index (χ0) is 17.6. The molecule has 0 spiro atoms. The number of rotatable bonds is 4. The Morgan fingerprint density at radius 2 is 2.04 bits per heavy atom. The summed E-state index contributed by atoms with van der Waals surface area (Å²) in [5.41, 5.74) is 1.39. The minimum atomic E-state index is -0.938. The number of carbonyl (C=O) groups is 2. The highest BCUT2D eigenvalue weighted by molar-refractivity contribution is 6.07. The van der Waals surface area contributed by atoms with Crippen LogP contribution in [0, 0.1) is 6.92 Å². The van der Waals surface area contributed by atoms with Crippen LogP contribution in [0.4, 0.5) is 0 Å². The number of nitrogens with one attached hydrogen (secondary N) is 1. The second-order valence-corrected chi connectivity index (χ2v) is 7.05. The standard InChI is InChI=1S/C18H21N3O4/c1-10-14-12(9-13(11-5-6-11)19-16(14)25-21-10)15(22)20-18(17(23)24-2)7-3-4-8-18/h9,11H,3-8H2,1-2H3,(H,20,22). The number of nitrogens with zero attached hydrogens (tertiary/aromatic N) is 2.